The van der Waals surface area contributed by atoms with Crippen LogP contribution in [0.3, 0.4) is 0 Å². The maximum Gasteiger partial charge on any atom is 0.536 e. The van der Waals surface area contributed by atoms with Gasteiger partial charge in [0, 0.05) is 26.5 Å². The van der Waals surface area contributed by atoms with Gasteiger partial charge in [0.25, 0.3) is 0 Å². The van der Waals surface area contributed by atoms with Crippen LogP contribution in [-0.4, -0.2) is 30.1 Å². The van der Waals surface area contributed by atoms with Crippen LogP contribution in [0.15, 0.2) is 24.3 Å². The second-order valence-electron chi connectivity index (χ2n) is 3.58. The Morgan fingerprint density at radius 3 is 2.06 bits per heavy atom. The number of aryl methyl sites for hydroxylation is 1. The third-order valence-corrected chi connectivity index (χ3v) is 5.43. The minimum absolute atomic E-state index is 1.01. The molecule has 0 heterocycles. The molecule has 1 aromatic carbocycles. The van der Waals surface area contributed by atoms with E-state index < -0.39 is 8.80 Å². The van der Waals surface area contributed by atoms with Gasteiger partial charge in [0.2, 0.25) is 0 Å². The molecule has 0 aliphatic rings. The molecule has 0 radical (unpaired) electrons. The quantitative estimate of drug-likeness (QED) is 0.709. The summed E-state index contributed by atoms with van der Waals surface area (Å²) >= 11 is 0. The molecule has 0 bridgehead atoms. The average molecular weight is 240 g/mol. The molecule has 90 valence electrons. The van der Waals surface area contributed by atoms with Crippen molar-refractivity contribution in [1.29, 1.82) is 0 Å². The predicted octanol–water partition coefficient (Wildman–Crippen LogP) is 1.72. The molecule has 1 aromatic rings. The van der Waals surface area contributed by atoms with Crippen molar-refractivity contribution >= 4 is 14.0 Å². The highest BCUT2D eigenvalue weighted by Gasteiger charge is 2.42. The number of hydrogen-bond donors (Lipinski definition) is 0. The van der Waals surface area contributed by atoms with Gasteiger partial charge >= 0.3 is 8.80 Å². The molecule has 1 rings (SSSR count). The molecule has 0 saturated heterocycles. The van der Waals surface area contributed by atoms with Crippen molar-refractivity contribution in [3.8, 4) is 0 Å². The van der Waals surface area contributed by atoms with E-state index in [0.29, 0.717) is 0 Å². The molecule has 0 aliphatic heterocycles. The van der Waals surface area contributed by atoms with Gasteiger partial charge in [-0.3, -0.25) is 0 Å². The molecule has 0 spiro atoms. The molecule has 4 heteroatoms. The summed E-state index contributed by atoms with van der Waals surface area (Å²) in [6.45, 7) is 2.16. The Morgan fingerprint density at radius 1 is 1.00 bits per heavy atom. The van der Waals surface area contributed by atoms with Crippen molar-refractivity contribution in [3.05, 3.63) is 29.8 Å². The van der Waals surface area contributed by atoms with E-state index in [4.69, 9.17) is 13.3 Å². The highest BCUT2D eigenvalue weighted by Crippen LogP contribution is 2.11. The average Bonchev–Trinajstić information content (AvgIpc) is 2.34. The maximum atomic E-state index is 5.50. The lowest BCUT2D eigenvalue weighted by molar-refractivity contribution is 0.140. The van der Waals surface area contributed by atoms with Crippen LogP contribution in [0.5, 0.6) is 0 Å². The van der Waals surface area contributed by atoms with E-state index >= 15 is 0 Å². The molecular weight excluding hydrogens is 220 g/mol. The lowest BCUT2D eigenvalue weighted by atomic mass is 10.1. The van der Waals surface area contributed by atoms with Gasteiger partial charge in [0.15, 0.2) is 0 Å². The van der Waals surface area contributed by atoms with Crippen LogP contribution in [0.2, 0.25) is 0 Å². The van der Waals surface area contributed by atoms with E-state index in [2.05, 4.69) is 13.0 Å². The smallest absolute Gasteiger partial charge is 0.373 e. The SMILES string of the molecule is CCCc1ccccc1[Si](OC)(OC)OC. The molecule has 0 unspecified atom stereocenters. The first kappa shape index (κ1) is 13.4. The van der Waals surface area contributed by atoms with Gasteiger partial charge in [-0.2, -0.15) is 0 Å². The van der Waals surface area contributed by atoms with E-state index in [1.807, 2.05) is 18.2 Å². The highest BCUT2D eigenvalue weighted by molar-refractivity contribution is 6.75. The Morgan fingerprint density at radius 2 is 1.56 bits per heavy atom. The Hall–Kier alpha value is -0.683. The lowest BCUT2D eigenvalue weighted by Gasteiger charge is -2.26. The van der Waals surface area contributed by atoms with Crippen LogP contribution < -0.4 is 5.19 Å². The molecule has 3 nitrogen and oxygen atoms in total. The van der Waals surface area contributed by atoms with E-state index in [9.17, 15) is 0 Å². The van der Waals surface area contributed by atoms with Crippen molar-refractivity contribution in [3.63, 3.8) is 0 Å². The molecule has 0 atom stereocenters. The van der Waals surface area contributed by atoms with E-state index in [1.54, 1.807) is 21.3 Å². The van der Waals surface area contributed by atoms with Crippen molar-refractivity contribution in [1.82, 2.24) is 0 Å². The first-order valence-corrected chi connectivity index (χ1v) is 7.20. The van der Waals surface area contributed by atoms with Crippen molar-refractivity contribution < 1.29 is 13.3 Å². The van der Waals surface area contributed by atoms with Gasteiger partial charge in [-0.25, -0.2) is 0 Å². The fourth-order valence-electron chi connectivity index (χ4n) is 1.89. The van der Waals surface area contributed by atoms with E-state index in [0.717, 1.165) is 18.0 Å². The Kier molecular flexibility index (Phi) is 5.14. The summed E-state index contributed by atoms with van der Waals surface area (Å²) in [5, 5.41) is 1.07. The molecule has 0 aromatic heterocycles. The van der Waals surface area contributed by atoms with Crippen LogP contribution in [0.1, 0.15) is 18.9 Å². The zero-order valence-electron chi connectivity index (χ0n) is 10.4. The topological polar surface area (TPSA) is 27.7 Å². The molecule has 0 N–H and O–H groups in total. The first-order chi connectivity index (χ1) is 7.74. The van der Waals surface area contributed by atoms with Crippen molar-refractivity contribution in [2.45, 2.75) is 19.8 Å². The fourth-order valence-corrected chi connectivity index (χ4v) is 3.95. The normalized spacial score (nSPS) is 11.8. The Balaban J connectivity index is 3.17. The summed E-state index contributed by atoms with van der Waals surface area (Å²) in [7, 11) is 2.25. The van der Waals surface area contributed by atoms with Gasteiger partial charge in [-0.1, -0.05) is 37.6 Å². The van der Waals surface area contributed by atoms with Crippen LogP contribution in [0.4, 0.5) is 0 Å². The summed E-state index contributed by atoms with van der Waals surface area (Å²) in [5.74, 6) is 0. The van der Waals surface area contributed by atoms with Gasteiger partial charge in [0.1, 0.15) is 0 Å². The Bertz CT molecular complexity index is 316. The number of rotatable bonds is 6. The summed E-state index contributed by atoms with van der Waals surface area (Å²) in [6.07, 6.45) is 2.11. The maximum absolute atomic E-state index is 5.50. The standard InChI is InChI=1S/C12H20O3Si/c1-5-8-11-9-6-7-10-12(11)16(13-2,14-3)15-4/h6-7,9-10H,5,8H2,1-4H3. The lowest BCUT2D eigenvalue weighted by Crippen LogP contribution is -2.55. The third kappa shape index (κ3) is 2.52. The van der Waals surface area contributed by atoms with Gasteiger partial charge < -0.3 is 13.3 Å². The molecule has 0 fully saturated rings. The van der Waals surface area contributed by atoms with Crippen LogP contribution in [0, 0.1) is 0 Å². The van der Waals surface area contributed by atoms with Crippen LogP contribution in [0.25, 0.3) is 0 Å². The van der Waals surface area contributed by atoms with Gasteiger partial charge in [0.05, 0.1) is 0 Å². The zero-order chi connectivity index (χ0) is 12.0. The molecular formula is C12H20O3Si. The van der Waals surface area contributed by atoms with Crippen molar-refractivity contribution in [2.24, 2.45) is 0 Å². The second-order valence-corrected chi connectivity index (χ2v) is 6.45. The monoisotopic (exact) mass is 240 g/mol. The number of benzene rings is 1. The minimum atomic E-state index is -2.68. The Labute approximate surface area is 98.7 Å². The molecule has 0 aliphatic carbocycles. The zero-order valence-corrected chi connectivity index (χ0v) is 11.4. The highest BCUT2D eigenvalue weighted by atomic mass is 28.4. The third-order valence-electron chi connectivity index (χ3n) is 2.67. The summed E-state index contributed by atoms with van der Waals surface area (Å²) in [4.78, 5) is 0. The molecule has 0 amide bonds. The summed E-state index contributed by atoms with van der Waals surface area (Å²) < 4.78 is 16.5. The van der Waals surface area contributed by atoms with Crippen LogP contribution in [-0.2, 0) is 19.7 Å². The second kappa shape index (κ2) is 6.15. The largest absolute Gasteiger partial charge is 0.536 e. The minimum Gasteiger partial charge on any atom is -0.373 e. The first-order valence-electron chi connectivity index (χ1n) is 5.48. The fraction of sp³-hybridized carbons (Fsp3) is 0.500. The van der Waals surface area contributed by atoms with E-state index in [1.165, 1.54) is 5.56 Å². The van der Waals surface area contributed by atoms with Crippen LogP contribution >= 0.6 is 0 Å². The molecule has 0 saturated carbocycles. The van der Waals surface area contributed by atoms with E-state index in [-0.39, 0.29) is 0 Å². The predicted molar refractivity (Wildman–Crippen MR) is 66.9 cm³/mol. The van der Waals surface area contributed by atoms with Gasteiger partial charge in [-0.15, -0.1) is 0 Å². The van der Waals surface area contributed by atoms with Crippen molar-refractivity contribution in [2.75, 3.05) is 21.3 Å². The summed E-state index contributed by atoms with van der Waals surface area (Å²) in [6, 6.07) is 8.17. The summed E-state index contributed by atoms with van der Waals surface area (Å²) in [5.41, 5.74) is 1.25. The van der Waals surface area contributed by atoms with Gasteiger partial charge in [-0.05, 0) is 12.0 Å². The molecule has 16 heavy (non-hydrogen) atoms. The number of hydrogen-bond acceptors (Lipinski definition) is 3.